The van der Waals surface area contributed by atoms with E-state index in [1.165, 1.54) is 0 Å². The number of fused-ring (bicyclic) bond motifs is 1. The predicted molar refractivity (Wildman–Crippen MR) is 54.6 cm³/mol. The second-order valence-corrected chi connectivity index (χ2v) is 3.59. The van der Waals surface area contributed by atoms with Gasteiger partial charge in [-0.15, -0.1) is 0 Å². The summed E-state index contributed by atoms with van der Waals surface area (Å²) in [6, 6.07) is 3.31. The van der Waals surface area contributed by atoms with Gasteiger partial charge in [-0.25, -0.2) is 0 Å². The molecule has 1 aliphatic rings. The highest BCUT2D eigenvalue weighted by molar-refractivity contribution is 5.99. The summed E-state index contributed by atoms with van der Waals surface area (Å²) in [5.74, 6) is -0.0950. The van der Waals surface area contributed by atoms with Gasteiger partial charge in [0, 0.05) is 6.42 Å². The van der Waals surface area contributed by atoms with Crippen LogP contribution in [0.15, 0.2) is 12.1 Å². The van der Waals surface area contributed by atoms with Crippen LogP contribution in [-0.4, -0.2) is 17.4 Å². The highest BCUT2D eigenvalue weighted by Gasteiger charge is 2.18. The van der Waals surface area contributed by atoms with Crippen LogP contribution in [-0.2, 0) is 18.0 Å². The number of hydrogen-bond acceptors (Lipinski definition) is 4. The monoisotopic (exact) mass is 207 g/mol. The first-order valence-electron chi connectivity index (χ1n) is 4.88. The maximum Gasteiger partial charge on any atom is 0.167 e. The van der Waals surface area contributed by atoms with Gasteiger partial charge in [0.2, 0.25) is 0 Å². The average molecular weight is 207 g/mol. The van der Waals surface area contributed by atoms with Gasteiger partial charge in [0.05, 0.1) is 18.8 Å². The first kappa shape index (κ1) is 10.1. The van der Waals surface area contributed by atoms with Crippen molar-refractivity contribution in [2.24, 2.45) is 5.73 Å². The molecule has 0 unspecified atom stereocenters. The Kier molecular flexibility index (Phi) is 2.70. The predicted octanol–water partition coefficient (Wildman–Crippen LogP) is 0.954. The quantitative estimate of drug-likeness (QED) is 0.724. The number of phenolic OH excluding ortho intramolecular Hbond substituents is 1. The van der Waals surface area contributed by atoms with Gasteiger partial charge in [0.25, 0.3) is 0 Å². The third-order valence-electron chi connectivity index (χ3n) is 2.50. The lowest BCUT2D eigenvalue weighted by atomic mass is 10.0. The van der Waals surface area contributed by atoms with Gasteiger partial charge in [-0.1, -0.05) is 0 Å². The molecule has 0 fully saturated rings. The number of Topliss-reactive ketones (excluding diaryl/α,β-unsaturated/α-hetero) is 1. The third kappa shape index (κ3) is 1.86. The molecule has 80 valence electrons. The lowest BCUT2D eigenvalue weighted by Crippen LogP contribution is -2.08. The van der Waals surface area contributed by atoms with E-state index in [4.69, 9.17) is 10.5 Å². The number of ether oxygens (including phenoxy) is 1. The Morgan fingerprint density at radius 1 is 1.40 bits per heavy atom. The molecule has 1 aliphatic heterocycles. The molecule has 0 spiro atoms. The van der Waals surface area contributed by atoms with E-state index >= 15 is 0 Å². The van der Waals surface area contributed by atoms with E-state index in [1.54, 1.807) is 12.1 Å². The van der Waals surface area contributed by atoms with Crippen LogP contribution in [0.1, 0.15) is 27.9 Å². The molecule has 3 N–H and O–H groups in total. The Balaban J connectivity index is 2.36. The van der Waals surface area contributed by atoms with Crippen LogP contribution in [0.2, 0.25) is 0 Å². The minimum atomic E-state index is -0.121. The Bertz CT molecular complexity index is 401. The average Bonchev–Trinajstić information content (AvgIpc) is 2.63. The van der Waals surface area contributed by atoms with Crippen molar-refractivity contribution in [1.82, 2.24) is 0 Å². The SMILES string of the molecule is NCCC(=O)c1cc2c(cc1O)COC2. The Hall–Kier alpha value is -1.39. The van der Waals surface area contributed by atoms with E-state index < -0.39 is 0 Å². The van der Waals surface area contributed by atoms with Crippen LogP contribution in [0.25, 0.3) is 0 Å². The largest absolute Gasteiger partial charge is 0.507 e. The Morgan fingerprint density at radius 2 is 2.07 bits per heavy atom. The smallest absolute Gasteiger partial charge is 0.167 e. The van der Waals surface area contributed by atoms with Gasteiger partial charge in [0.15, 0.2) is 5.78 Å². The van der Waals surface area contributed by atoms with Gasteiger partial charge in [-0.2, -0.15) is 0 Å². The van der Waals surface area contributed by atoms with Gasteiger partial charge in [-0.05, 0) is 29.8 Å². The van der Waals surface area contributed by atoms with Crippen LogP contribution in [0.4, 0.5) is 0 Å². The second kappa shape index (κ2) is 4.00. The second-order valence-electron chi connectivity index (χ2n) is 3.59. The summed E-state index contributed by atoms with van der Waals surface area (Å²) in [6.45, 7) is 1.32. The molecule has 0 bridgehead atoms. The first-order valence-corrected chi connectivity index (χ1v) is 4.88. The summed E-state index contributed by atoms with van der Waals surface area (Å²) in [4.78, 5) is 11.6. The zero-order chi connectivity index (χ0) is 10.8. The number of hydrogen-bond donors (Lipinski definition) is 2. The zero-order valence-electron chi connectivity index (χ0n) is 8.32. The molecule has 1 aromatic rings. The van der Waals surface area contributed by atoms with E-state index in [0.29, 0.717) is 25.3 Å². The lowest BCUT2D eigenvalue weighted by Gasteiger charge is -2.05. The number of aromatic hydroxyl groups is 1. The first-order chi connectivity index (χ1) is 7.22. The van der Waals surface area contributed by atoms with Crippen LogP contribution in [0, 0.1) is 0 Å². The molecule has 1 aromatic carbocycles. The molecule has 2 rings (SSSR count). The van der Waals surface area contributed by atoms with Crippen molar-refractivity contribution in [2.75, 3.05) is 6.54 Å². The number of nitrogens with two attached hydrogens (primary N) is 1. The number of carbonyl (C=O) groups is 1. The summed E-state index contributed by atoms with van der Waals surface area (Å²) in [7, 11) is 0. The summed E-state index contributed by atoms with van der Waals surface area (Å²) >= 11 is 0. The van der Waals surface area contributed by atoms with Crippen molar-refractivity contribution in [3.63, 3.8) is 0 Å². The minimum Gasteiger partial charge on any atom is -0.507 e. The topological polar surface area (TPSA) is 72.6 Å². The maximum absolute atomic E-state index is 11.6. The molecule has 0 amide bonds. The fraction of sp³-hybridized carbons (Fsp3) is 0.364. The van der Waals surface area contributed by atoms with Crippen LogP contribution < -0.4 is 5.73 Å². The van der Waals surface area contributed by atoms with E-state index in [0.717, 1.165) is 11.1 Å². The molecule has 0 atom stereocenters. The summed E-state index contributed by atoms with van der Waals surface area (Å²) in [5.41, 5.74) is 7.59. The van der Waals surface area contributed by atoms with E-state index in [2.05, 4.69) is 0 Å². The molecular formula is C11H13NO3. The molecular weight excluding hydrogens is 194 g/mol. The molecule has 15 heavy (non-hydrogen) atoms. The van der Waals surface area contributed by atoms with Gasteiger partial charge >= 0.3 is 0 Å². The molecule has 0 saturated carbocycles. The molecule has 1 heterocycles. The lowest BCUT2D eigenvalue weighted by molar-refractivity contribution is 0.0982. The number of carbonyl (C=O) groups excluding carboxylic acids is 1. The van der Waals surface area contributed by atoms with Crippen molar-refractivity contribution in [2.45, 2.75) is 19.6 Å². The third-order valence-corrected chi connectivity index (χ3v) is 2.50. The highest BCUT2D eigenvalue weighted by Crippen LogP contribution is 2.28. The van der Waals surface area contributed by atoms with Gasteiger partial charge < -0.3 is 15.6 Å². The van der Waals surface area contributed by atoms with E-state index in [-0.39, 0.29) is 18.0 Å². The summed E-state index contributed by atoms with van der Waals surface area (Å²) < 4.78 is 5.22. The van der Waals surface area contributed by atoms with Crippen molar-refractivity contribution >= 4 is 5.78 Å². The fourth-order valence-electron chi connectivity index (χ4n) is 1.71. The fourth-order valence-corrected chi connectivity index (χ4v) is 1.71. The zero-order valence-corrected chi connectivity index (χ0v) is 8.32. The normalized spacial score (nSPS) is 13.9. The molecule has 0 aliphatic carbocycles. The number of ketones is 1. The van der Waals surface area contributed by atoms with Crippen molar-refractivity contribution < 1.29 is 14.6 Å². The highest BCUT2D eigenvalue weighted by atomic mass is 16.5. The molecule has 0 radical (unpaired) electrons. The molecule has 4 heteroatoms. The number of benzene rings is 1. The van der Waals surface area contributed by atoms with Gasteiger partial charge in [0.1, 0.15) is 5.75 Å². The minimum absolute atomic E-state index is 0.0256. The van der Waals surface area contributed by atoms with Crippen molar-refractivity contribution in [1.29, 1.82) is 0 Å². The summed E-state index contributed by atoms with van der Waals surface area (Å²) in [5, 5.41) is 9.65. The number of phenols is 1. The number of rotatable bonds is 3. The van der Waals surface area contributed by atoms with Crippen molar-refractivity contribution in [3.8, 4) is 5.75 Å². The Labute approximate surface area is 87.7 Å². The van der Waals surface area contributed by atoms with Crippen molar-refractivity contribution in [3.05, 3.63) is 28.8 Å². The van der Waals surface area contributed by atoms with Crippen LogP contribution >= 0.6 is 0 Å². The van der Waals surface area contributed by atoms with Crippen LogP contribution in [0.5, 0.6) is 5.75 Å². The standard InChI is InChI=1S/C11H13NO3/c12-2-1-10(13)9-3-7-5-15-6-8(7)4-11(9)14/h3-4,14H,1-2,5-6,12H2. The van der Waals surface area contributed by atoms with Gasteiger partial charge in [-0.3, -0.25) is 4.79 Å². The molecule has 0 aromatic heterocycles. The molecule has 4 nitrogen and oxygen atoms in total. The van der Waals surface area contributed by atoms with E-state index in [9.17, 15) is 9.90 Å². The Morgan fingerprint density at radius 3 is 2.73 bits per heavy atom. The molecule has 0 saturated heterocycles. The maximum atomic E-state index is 11.6. The van der Waals surface area contributed by atoms with E-state index in [1.807, 2.05) is 0 Å². The summed E-state index contributed by atoms with van der Waals surface area (Å²) in [6.07, 6.45) is 0.257. The van der Waals surface area contributed by atoms with Crippen LogP contribution in [0.3, 0.4) is 0 Å².